The van der Waals surface area contributed by atoms with Crippen molar-refractivity contribution in [3.05, 3.63) is 30.4 Å². The summed E-state index contributed by atoms with van der Waals surface area (Å²) in [5.41, 5.74) is 2.77. The standard InChI is InChI=1S/C23H29N5O3/c29-22(27-11-13-30-14-12-27)9-10-28-16-24-19-15-18(6-7-20(19)28)23-25-21(31-26-23)8-5-17-3-1-2-4-17/h6-7,15-17H,1-5,8-14H2. The van der Waals surface area contributed by atoms with E-state index in [9.17, 15) is 4.79 Å². The van der Waals surface area contributed by atoms with E-state index < -0.39 is 0 Å². The van der Waals surface area contributed by atoms with E-state index in [2.05, 4.69) is 15.1 Å². The zero-order valence-corrected chi connectivity index (χ0v) is 17.8. The highest BCUT2D eigenvalue weighted by molar-refractivity contribution is 5.81. The molecule has 0 spiro atoms. The lowest BCUT2D eigenvalue weighted by Gasteiger charge is -2.26. The zero-order valence-electron chi connectivity index (χ0n) is 17.8. The van der Waals surface area contributed by atoms with Crippen molar-refractivity contribution in [1.82, 2.24) is 24.6 Å². The minimum absolute atomic E-state index is 0.165. The van der Waals surface area contributed by atoms with E-state index in [0.29, 0.717) is 51.0 Å². The van der Waals surface area contributed by atoms with Gasteiger partial charge in [-0.2, -0.15) is 4.98 Å². The van der Waals surface area contributed by atoms with Gasteiger partial charge in [0, 0.05) is 38.0 Å². The second-order valence-electron chi connectivity index (χ2n) is 8.59. The van der Waals surface area contributed by atoms with Crippen molar-refractivity contribution in [3.8, 4) is 11.4 Å². The average molecular weight is 424 g/mol. The van der Waals surface area contributed by atoms with Crippen molar-refractivity contribution < 1.29 is 14.1 Å². The maximum atomic E-state index is 12.4. The van der Waals surface area contributed by atoms with Gasteiger partial charge in [0.25, 0.3) is 0 Å². The Morgan fingerprint density at radius 2 is 2.00 bits per heavy atom. The van der Waals surface area contributed by atoms with Crippen molar-refractivity contribution in [2.24, 2.45) is 5.92 Å². The predicted molar refractivity (Wildman–Crippen MR) is 115 cm³/mol. The van der Waals surface area contributed by atoms with Gasteiger partial charge in [-0.15, -0.1) is 0 Å². The molecule has 2 fully saturated rings. The van der Waals surface area contributed by atoms with E-state index in [1.807, 2.05) is 27.7 Å². The Hall–Kier alpha value is -2.74. The quantitative estimate of drug-likeness (QED) is 0.578. The van der Waals surface area contributed by atoms with Crippen LogP contribution in [0.4, 0.5) is 0 Å². The molecule has 31 heavy (non-hydrogen) atoms. The van der Waals surface area contributed by atoms with E-state index in [1.165, 1.54) is 25.7 Å². The maximum absolute atomic E-state index is 12.4. The fourth-order valence-corrected chi connectivity index (χ4v) is 4.67. The first kappa shape index (κ1) is 20.2. The molecule has 1 saturated heterocycles. The Morgan fingerprint density at radius 3 is 2.84 bits per heavy atom. The number of imidazole rings is 1. The number of carbonyl (C=O) groups excluding carboxylic acids is 1. The number of morpholine rings is 1. The molecular formula is C23H29N5O3. The number of aryl methyl sites for hydroxylation is 2. The fourth-order valence-electron chi connectivity index (χ4n) is 4.67. The largest absolute Gasteiger partial charge is 0.378 e. The summed E-state index contributed by atoms with van der Waals surface area (Å²) in [5.74, 6) is 2.30. The highest BCUT2D eigenvalue weighted by Crippen LogP contribution is 2.29. The molecule has 0 atom stereocenters. The molecule has 0 radical (unpaired) electrons. The van der Waals surface area contributed by atoms with Crippen LogP contribution in [-0.4, -0.2) is 56.8 Å². The van der Waals surface area contributed by atoms with Gasteiger partial charge in [0.15, 0.2) is 0 Å². The molecular weight excluding hydrogens is 394 g/mol. The average Bonchev–Trinajstić information content (AvgIpc) is 3.57. The topological polar surface area (TPSA) is 86.3 Å². The van der Waals surface area contributed by atoms with Crippen LogP contribution >= 0.6 is 0 Å². The van der Waals surface area contributed by atoms with Gasteiger partial charge in [-0.1, -0.05) is 30.8 Å². The Bertz CT molecular complexity index is 1030. The van der Waals surface area contributed by atoms with Gasteiger partial charge in [0.05, 0.1) is 30.6 Å². The van der Waals surface area contributed by atoms with Gasteiger partial charge >= 0.3 is 0 Å². The molecule has 5 rings (SSSR count). The third-order valence-corrected chi connectivity index (χ3v) is 6.52. The van der Waals surface area contributed by atoms with Gasteiger partial charge in [-0.3, -0.25) is 4.79 Å². The summed E-state index contributed by atoms with van der Waals surface area (Å²) in [6.45, 7) is 3.22. The first-order valence-corrected chi connectivity index (χ1v) is 11.4. The van der Waals surface area contributed by atoms with Crippen molar-refractivity contribution in [3.63, 3.8) is 0 Å². The molecule has 1 amide bonds. The van der Waals surface area contributed by atoms with Crippen molar-refractivity contribution >= 4 is 16.9 Å². The molecule has 1 aliphatic carbocycles. The third kappa shape index (κ3) is 4.63. The second-order valence-corrected chi connectivity index (χ2v) is 8.59. The van der Waals surface area contributed by atoms with Crippen LogP contribution in [0.5, 0.6) is 0 Å². The molecule has 8 heteroatoms. The number of amides is 1. The Balaban J connectivity index is 1.22. The van der Waals surface area contributed by atoms with Crippen LogP contribution in [-0.2, 0) is 22.5 Å². The molecule has 2 aromatic heterocycles. The first-order chi connectivity index (χ1) is 15.3. The van der Waals surface area contributed by atoms with Crippen LogP contribution in [0, 0.1) is 5.92 Å². The van der Waals surface area contributed by atoms with Gasteiger partial charge in [0.2, 0.25) is 17.6 Å². The van der Waals surface area contributed by atoms with E-state index in [-0.39, 0.29) is 5.91 Å². The monoisotopic (exact) mass is 423 g/mol. The van der Waals surface area contributed by atoms with Gasteiger partial charge < -0.3 is 18.7 Å². The summed E-state index contributed by atoms with van der Waals surface area (Å²) in [6.07, 6.45) is 9.62. The lowest BCUT2D eigenvalue weighted by molar-refractivity contribution is -0.135. The van der Waals surface area contributed by atoms with Crippen LogP contribution in [0.3, 0.4) is 0 Å². The second kappa shape index (κ2) is 9.18. The van der Waals surface area contributed by atoms with Crippen LogP contribution in [0.2, 0.25) is 0 Å². The van der Waals surface area contributed by atoms with Crippen LogP contribution in [0.1, 0.15) is 44.4 Å². The number of benzene rings is 1. The molecule has 164 valence electrons. The number of hydrogen-bond acceptors (Lipinski definition) is 6. The van der Waals surface area contributed by atoms with Gasteiger partial charge in [-0.05, 0) is 30.5 Å². The normalized spacial score (nSPS) is 17.6. The molecule has 8 nitrogen and oxygen atoms in total. The van der Waals surface area contributed by atoms with Gasteiger partial charge in [0.1, 0.15) is 0 Å². The molecule has 1 aromatic carbocycles. The molecule has 3 heterocycles. The Kier molecular flexibility index (Phi) is 5.97. The maximum Gasteiger partial charge on any atom is 0.226 e. The summed E-state index contributed by atoms with van der Waals surface area (Å²) in [6, 6.07) is 6.00. The summed E-state index contributed by atoms with van der Waals surface area (Å²) in [7, 11) is 0. The summed E-state index contributed by atoms with van der Waals surface area (Å²) in [4.78, 5) is 23.4. The number of rotatable bonds is 7. The zero-order chi connectivity index (χ0) is 21.0. The minimum Gasteiger partial charge on any atom is -0.378 e. The molecule has 0 unspecified atom stereocenters. The lowest BCUT2D eigenvalue weighted by Crippen LogP contribution is -2.40. The molecule has 0 bridgehead atoms. The Labute approximate surface area is 181 Å². The molecule has 0 N–H and O–H groups in total. The highest BCUT2D eigenvalue weighted by atomic mass is 16.5. The number of hydrogen-bond donors (Lipinski definition) is 0. The summed E-state index contributed by atoms with van der Waals surface area (Å²) in [5, 5.41) is 4.18. The van der Waals surface area contributed by atoms with Crippen LogP contribution in [0.15, 0.2) is 29.0 Å². The Morgan fingerprint density at radius 1 is 1.16 bits per heavy atom. The van der Waals surface area contributed by atoms with Crippen LogP contribution in [0.25, 0.3) is 22.4 Å². The molecule has 3 aromatic rings. The fraction of sp³-hybridized carbons (Fsp3) is 0.565. The molecule has 2 aliphatic rings. The molecule has 1 saturated carbocycles. The third-order valence-electron chi connectivity index (χ3n) is 6.52. The van der Waals surface area contributed by atoms with Crippen molar-refractivity contribution in [2.45, 2.75) is 51.5 Å². The number of nitrogens with zero attached hydrogens (tertiary/aromatic N) is 5. The predicted octanol–water partition coefficient (Wildman–Crippen LogP) is 3.46. The van der Waals surface area contributed by atoms with Crippen molar-refractivity contribution in [1.29, 1.82) is 0 Å². The summed E-state index contributed by atoms with van der Waals surface area (Å²) < 4.78 is 12.8. The lowest BCUT2D eigenvalue weighted by atomic mass is 10.0. The number of aromatic nitrogens is 4. The van der Waals surface area contributed by atoms with Crippen LogP contribution < -0.4 is 0 Å². The SMILES string of the molecule is O=C(CCn1cnc2cc(-c3noc(CCC4CCCC4)n3)ccc21)N1CCOCC1. The first-order valence-electron chi connectivity index (χ1n) is 11.4. The smallest absolute Gasteiger partial charge is 0.226 e. The number of carbonyl (C=O) groups is 1. The number of fused-ring (bicyclic) bond motifs is 1. The van der Waals surface area contributed by atoms with E-state index >= 15 is 0 Å². The minimum atomic E-state index is 0.165. The van der Waals surface area contributed by atoms with Gasteiger partial charge in [-0.25, -0.2) is 4.98 Å². The van der Waals surface area contributed by atoms with E-state index in [0.717, 1.165) is 35.4 Å². The van der Waals surface area contributed by atoms with Crippen molar-refractivity contribution in [2.75, 3.05) is 26.3 Å². The highest BCUT2D eigenvalue weighted by Gasteiger charge is 2.18. The number of ether oxygens (including phenoxy) is 1. The summed E-state index contributed by atoms with van der Waals surface area (Å²) >= 11 is 0. The molecule has 1 aliphatic heterocycles. The van der Waals surface area contributed by atoms with E-state index in [1.54, 1.807) is 6.33 Å². The van der Waals surface area contributed by atoms with E-state index in [4.69, 9.17) is 9.26 Å².